The fraction of sp³-hybridized carbons (Fsp3) is 0.275. The van der Waals surface area contributed by atoms with Crippen LogP contribution in [0.3, 0.4) is 0 Å². The van der Waals surface area contributed by atoms with Gasteiger partial charge in [0.25, 0.3) is 5.91 Å². The Hall–Kier alpha value is -5.77. The topological polar surface area (TPSA) is 140 Å². The summed E-state index contributed by atoms with van der Waals surface area (Å²) in [7, 11) is 1.54. The molecular formula is C40H42N4O6. The molecule has 0 saturated carbocycles. The number of hydrogen-bond donors (Lipinski definition) is 2. The van der Waals surface area contributed by atoms with Gasteiger partial charge in [0.1, 0.15) is 17.4 Å². The van der Waals surface area contributed by atoms with Crippen LogP contribution in [0.4, 0.5) is 11.4 Å². The maximum absolute atomic E-state index is 15.0. The van der Waals surface area contributed by atoms with Gasteiger partial charge in [-0.2, -0.15) is 0 Å². The van der Waals surface area contributed by atoms with Crippen molar-refractivity contribution in [3.8, 4) is 5.75 Å². The minimum Gasteiger partial charge on any atom is -0.497 e. The fourth-order valence-corrected chi connectivity index (χ4v) is 6.29. The highest BCUT2D eigenvalue weighted by Gasteiger charge is 2.53. The lowest BCUT2D eigenvalue weighted by Gasteiger charge is -2.45. The number of nitrogens with one attached hydrogen (secondary N) is 1. The molecule has 0 radical (unpaired) electrons. The standard InChI is InChI=1S/C40H42N4O6/c1-25(2)40(38(41)48,28-19-21-30(49-6)22-20-28)44-33-18-11-10-17-31(33)35(26-13-8-7-9-14-26)43-32(36(44)46)24-34(45)42-29-16-12-15-27(23-29)37(47)50-39(3,4)5/h7-23,25,32H,24H2,1-6H3,(H2,41,48)(H,42,45). The lowest BCUT2D eigenvalue weighted by Crippen LogP contribution is -2.62. The number of para-hydroxylation sites is 1. The highest BCUT2D eigenvalue weighted by molar-refractivity contribution is 6.22. The van der Waals surface area contributed by atoms with E-state index in [1.54, 1.807) is 82.5 Å². The van der Waals surface area contributed by atoms with Crippen LogP contribution in [0.25, 0.3) is 0 Å². The zero-order valence-electron chi connectivity index (χ0n) is 29.1. The number of benzodiazepines with no additional fused rings is 1. The van der Waals surface area contributed by atoms with E-state index in [0.29, 0.717) is 34.0 Å². The van der Waals surface area contributed by atoms with Crippen LogP contribution >= 0.6 is 0 Å². The molecule has 4 aromatic carbocycles. The number of rotatable bonds is 10. The highest BCUT2D eigenvalue weighted by atomic mass is 16.6. The number of hydrogen-bond acceptors (Lipinski definition) is 7. The van der Waals surface area contributed by atoms with E-state index in [0.717, 1.165) is 5.56 Å². The summed E-state index contributed by atoms with van der Waals surface area (Å²) < 4.78 is 10.9. The molecule has 0 aromatic heterocycles. The van der Waals surface area contributed by atoms with Crippen LogP contribution in [0.1, 0.15) is 68.1 Å². The minimum atomic E-state index is -1.68. The summed E-state index contributed by atoms with van der Waals surface area (Å²) in [5.74, 6) is -2.33. The third kappa shape index (κ3) is 7.15. The van der Waals surface area contributed by atoms with Gasteiger partial charge in [-0.25, -0.2) is 4.79 Å². The van der Waals surface area contributed by atoms with Crippen LogP contribution in [0.15, 0.2) is 108 Å². The Morgan fingerprint density at radius 2 is 1.56 bits per heavy atom. The van der Waals surface area contributed by atoms with Crippen molar-refractivity contribution in [1.29, 1.82) is 0 Å². The molecule has 0 saturated heterocycles. The van der Waals surface area contributed by atoms with Crippen molar-refractivity contribution in [2.24, 2.45) is 16.6 Å². The van der Waals surface area contributed by atoms with Crippen LogP contribution in [0.5, 0.6) is 5.75 Å². The van der Waals surface area contributed by atoms with E-state index in [9.17, 15) is 14.4 Å². The molecule has 2 unspecified atom stereocenters. The summed E-state index contributed by atoms with van der Waals surface area (Å²) in [6.07, 6.45) is -0.369. The predicted molar refractivity (Wildman–Crippen MR) is 193 cm³/mol. The van der Waals surface area contributed by atoms with Crippen LogP contribution in [0.2, 0.25) is 0 Å². The summed E-state index contributed by atoms with van der Waals surface area (Å²) in [6, 6.07) is 28.6. The smallest absolute Gasteiger partial charge is 0.338 e. The first-order valence-corrected chi connectivity index (χ1v) is 16.4. The number of aliphatic imine (C=N–C) groups is 1. The molecule has 2 atom stereocenters. The van der Waals surface area contributed by atoms with Crippen molar-refractivity contribution in [2.45, 2.75) is 58.2 Å². The molecule has 10 nitrogen and oxygen atoms in total. The normalized spacial score (nSPS) is 15.7. The van der Waals surface area contributed by atoms with Gasteiger partial charge >= 0.3 is 5.97 Å². The van der Waals surface area contributed by atoms with Gasteiger partial charge in [0.2, 0.25) is 11.8 Å². The first kappa shape index (κ1) is 35.5. The Bertz CT molecular complexity index is 1930. The Kier molecular flexibility index (Phi) is 10.2. The van der Waals surface area contributed by atoms with Crippen molar-refractivity contribution in [3.05, 3.63) is 125 Å². The van der Waals surface area contributed by atoms with E-state index in [2.05, 4.69) is 5.32 Å². The van der Waals surface area contributed by atoms with Gasteiger partial charge in [0, 0.05) is 16.8 Å². The van der Waals surface area contributed by atoms with E-state index < -0.39 is 46.8 Å². The van der Waals surface area contributed by atoms with Gasteiger partial charge in [0.05, 0.1) is 30.5 Å². The van der Waals surface area contributed by atoms with Gasteiger partial charge in [-0.1, -0.05) is 80.6 Å². The van der Waals surface area contributed by atoms with Crippen molar-refractivity contribution in [3.63, 3.8) is 0 Å². The number of amides is 3. The summed E-state index contributed by atoms with van der Waals surface area (Å²) in [6.45, 7) is 8.97. The quantitative estimate of drug-likeness (QED) is 0.190. The van der Waals surface area contributed by atoms with Crippen molar-refractivity contribution >= 4 is 40.8 Å². The summed E-state index contributed by atoms with van der Waals surface area (Å²) in [5, 5.41) is 2.82. The molecule has 0 spiro atoms. The second kappa shape index (κ2) is 14.4. The minimum absolute atomic E-state index is 0.261. The van der Waals surface area contributed by atoms with Crippen LogP contribution < -0.4 is 20.7 Å². The largest absolute Gasteiger partial charge is 0.497 e. The predicted octanol–water partition coefficient (Wildman–Crippen LogP) is 6.27. The number of primary amides is 1. The average Bonchev–Trinajstić information content (AvgIpc) is 3.19. The van der Waals surface area contributed by atoms with Gasteiger partial charge < -0.3 is 20.5 Å². The maximum atomic E-state index is 15.0. The van der Waals surface area contributed by atoms with E-state index in [1.165, 1.54) is 11.0 Å². The number of ether oxygens (including phenoxy) is 2. The van der Waals surface area contributed by atoms with Crippen LogP contribution in [0, 0.1) is 5.92 Å². The van der Waals surface area contributed by atoms with Crippen LogP contribution in [-0.4, -0.2) is 48.2 Å². The fourth-order valence-electron chi connectivity index (χ4n) is 6.29. The molecule has 10 heteroatoms. The molecule has 3 amide bonds. The second-order valence-electron chi connectivity index (χ2n) is 13.4. The van der Waals surface area contributed by atoms with E-state index in [-0.39, 0.29) is 12.0 Å². The maximum Gasteiger partial charge on any atom is 0.338 e. The number of nitrogens with two attached hydrogens (primary N) is 1. The zero-order valence-corrected chi connectivity index (χ0v) is 29.1. The van der Waals surface area contributed by atoms with Crippen molar-refractivity contribution < 1.29 is 28.7 Å². The molecule has 0 fully saturated rings. The van der Waals surface area contributed by atoms with Gasteiger partial charge in [-0.3, -0.25) is 24.3 Å². The monoisotopic (exact) mass is 674 g/mol. The molecule has 1 heterocycles. The number of carbonyl (C=O) groups excluding carboxylic acids is 4. The zero-order chi connectivity index (χ0) is 36.2. The number of methoxy groups -OCH3 is 1. The molecule has 4 aromatic rings. The summed E-state index contributed by atoms with van der Waals surface area (Å²) >= 11 is 0. The number of fused-ring (bicyclic) bond motifs is 1. The number of anilines is 2. The Morgan fingerprint density at radius 3 is 2.18 bits per heavy atom. The molecule has 0 aliphatic carbocycles. The van der Waals surface area contributed by atoms with E-state index in [4.69, 9.17) is 20.2 Å². The molecule has 3 N–H and O–H groups in total. The van der Waals surface area contributed by atoms with E-state index in [1.807, 2.05) is 56.3 Å². The number of esters is 1. The molecule has 258 valence electrons. The molecule has 5 rings (SSSR count). The third-order valence-corrected chi connectivity index (χ3v) is 8.49. The van der Waals surface area contributed by atoms with Crippen LogP contribution in [-0.2, 0) is 24.7 Å². The Balaban J connectivity index is 1.63. The molecule has 50 heavy (non-hydrogen) atoms. The van der Waals surface area contributed by atoms with Gasteiger partial charge in [-0.05, 0) is 68.7 Å². The van der Waals surface area contributed by atoms with Gasteiger partial charge in [-0.15, -0.1) is 0 Å². The lowest BCUT2D eigenvalue weighted by atomic mass is 9.76. The van der Waals surface area contributed by atoms with Gasteiger partial charge in [0.15, 0.2) is 5.54 Å². The Morgan fingerprint density at radius 1 is 0.900 bits per heavy atom. The molecular weight excluding hydrogens is 632 g/mol. The second-order valence-corrected chi connectivity index (χ2v) is 13.4. The lowest BCUT2D eigenvalue weighted by molar-refractivity contribution is -0.131. The average molecular weight is 675 g/mol. The SMILES string of the molecule is COc1ccc(C(C(N)=O)(C(C)C)N2C(=O)C(CC(=O)Nc3cccc(C(=O)OC(C)(C)C)c3)N=C(c3ccccc3)c3ccccc32)cc1. The first-order valence-electron chi connectivity index (χ1n) is 16.4. The summed E-state index contributed by atoms with van der Waals surface area (Å²) in [5.41, 5.74) is 7.27. The van der Waals surface area contributed by atoms with E-state index >= 15 is 4.79 Å². The molecule has 0 bridgehead atoms. The van der Waals surface area contributed by atoms with Crippen molar-refractivity contribution in [1.82, 2.24) is 0 Å². The van der Waals surface area contributed by atoms with Crippen molar-refractivity contribution in [2.75, 3.05) is 17.3 Å². The number of nitrogens with zero attached hydrogens (tertiary/aromatic N) is 2. The molecule has 1 aliphatic heterocycles. The third-order valence-electron chi connectivity index (χ3n) is 8.49. The summed E-state index contributed by atoms with van der Waals surface area (Å²) in [4.78, 5) is 61.8. The first-order chi connectivity index (χ1) is 23.8. The number of benzene rings is 4. The highest BCUT2D eigenvalue weighted by Crippen LogP contribution is 2.44. The molecule has 1 aliphatic rings. The Labute approximate surface area is 292 Å². The number of carbonyl (C=O) groups is 4.